The van der Waals surface area contributed by atoms with Crippen LogP contribution >= 0.6 is 0 Å². The van der Waals surface area contributed by atoms with Crippen molar-refractivity contribution >= 4 is 0 Å². The molecule has 0 saturated carbocycles. The zero-order valence-corrected chi connectivity index (χ0v) is 15.2. The Hall–Kier alpha value is -2.41. The Kier molecular flexibility index (Phi) is 5.79. The highest BCUT2D eigenvalue weighted by atomic mass is 19.4. The first-order chi connectivity index (χ1) is 12.9. The van der Waals surface area contributed by atoms with Crippen LogP contribution in [0.5, 0.6) is 17.2 Å². The number of rotatable bonds is 6. The number of methoxy groups -OCH3 is 2. The molecule has 0 bridgehead atoms. The Morgan fingerprint density at radius 3 is 2.52 bits per heavy atom. The molecule has 27 heavy (non-hydrogen) atoms. The van der Waals surface area contributed by atoms with Crippen LogP contribution in [0.2, 0.25) is 0 Å². The Morgan fingerprint density at radius 2 is 1.81 bits per heavy atom. The minimum Gasteiger partial charge on any atom is -0.493 e. The van der Waals surface area contributed by atoms with Gasteiger partial charge in [0, 0.05) is 6.04 Å². The molecule has 0 amide bonds. The molecule has 0 radical (unpaired) electrons. The first-order valence-corrected chi connectivity index (χ1v) is 8.72. The summed E-state index contributed by atoms with van der Waals surface area (Å²) in [6, 6.07) is 10.2. The fourth-order valence-corrected chi connectivity index (χ4v) is 3.44. The molecule has 1 N–H and O–H groups in total. The molecule has 4 nitrogen and oxygen atoms in total. The molecule has 0 saturated heterocycles. The third-order valence-corrected chi connectivity index (χ3v) is 4.66. The monoisotopic (exact) mass is 381 g/mol. The Bertz CT molecular complexity index is 793. The van der Waals surface area contributed by atoms with Crippen molar-refractivity contribution in [3.8, 4) is 17.2 Å². The number of aryl methyl sites for hydroxylation is 1. The van der Waals surface area contributed by atoms with Gasteiger partial charge in [0.15, 0.2) is 11.5 Å². The SMILES string of the molecule is COc1cc2c(cc1OC)[C@H](CCc1cccc(OC(F)(F)F)c1)NCC2. The van der Waals surface area contributed by atoms with Crippen molar-refractivity contribution in [2.24, 2.45) is 0 Å². The van der Waals surface area contributed by atoms with Crippen molar-refractivity contribution < 1.29 is 27.4 Å². The summed E-state index contributed by atoms with van der Waals surface area (Å²) >= 11 is 0. The van der Waals surface area contributed by atoms with Crippen molar-refractivity contribution in [2.45, 2.75) is 31.7 Å². The van der Waals surface area contributed by atoms with Crippen LogP contribution in [0.25, 0.3) is 0 Å². The van der Waals surface area contributed by atoms with Crippen molar-refractivity contribution in [2.75, 3.05) is 20.8 Å². The molecule has 0 spiro atoms. The van der Waals surface area contributed by atoms with E-state index in [4.69, 9.17) is 9.47 Å². The van der Waals surface area contributed by atoms with Gasteiger partial charge in [0.2, 0.25) is 0 Å². The molecule has 1 atom stereocenters. The number of fused-ring (bicyclic) bond motifs is 1. The van der Waals surface area contributed by atoms with Crippen LogP contribution in [0.15, 0.2) is 36.4 Å². The topological polar surface area (TPSA) is 39.7 Å². The second-order valence-corrected chi connectivity index (χ2v) is 6.40. The van der Waals surface area contributed by atoms with Crippen molar-refractivity contribution in [3.05, 3.63) is 53.1 Å². The highest BCUT2D eigenvalue weighted by Gasteiger charge is 2.31. The van der Waals surface area contributed by atoms with E-state index in [0.717, 1.165) is 30.5 Å². The average molecular weight is 381 g/mol. The number of hydrogen-bond acceptors (Lipinski definition) is 4. The van der Waals surface area contributed by atoms with Gasteiger partial charge in [0.25, 0.3) is 0 Å². The van der Waals surface area contributed by atoms with Crippen molar-refractivity contribution in [1.82, 2.24) is 5.32 Å². The van der Waals surface area contributed by atoms with Gasteiger partial charge in [-0.1, -0.05) is 12.1 Å². The number of alkyl halides is 3. The molecule has 2 aromatic carbocycles. The standard InChI is InChI=1S/C20H22F3NO3/c1-25-18-11-14-8-9-24-17(16(14)12-19(18)26-2)7-6-13-4-3-5-15(10-13)27-20(21,22)23/h3-5,10-12,17,24H,6-9H2,1-2H3/t17-/m0/s1. The Balaban J connectivity index is 1.74. The summed E-state index contributed by atoms with van der Waals surface area (Å²) in [5.41, 5.74) is 3.14. The molecule has 2 aromatic rings. The molecule has 0 aliphatic carbocycles. The van der Waals surface area contributed by atoms with E-state index in [9.17, 15) is 13.2 Å². The van der Waals surface area contributed by atoms with Crippen molar-refractivity contribution in [1.29, 1.82) is 0 Å². The number of hydrogen-bond donors (Lipinski definition) is 1. The van der Waals surface area contributed by atoms with E-state index in [1.807, 2.05) is 18.2 Å². The summed E-state index contributed by atoms with van der Waals surface area (Å²) in [5, 5.41) is 3.48. The van der Waals surface area contributed by atoms with Crippen molar-refractivity contribution in [3.63, 3.8) is 0 Å². The summed E-state index contributed by atoms with van der Waals surface area (Å²) in [4.78, 5) is 0. The minimum atomic E-state index is -4.68. The summed E-state index contributed by atoms with van der Waals surface area (Å²) in [7, 11) is 3.21. The lowest BCUT2D eigenvalue weighted by molar-refractivity contribution is -0.274. The van der Waals surface area contributed by atoms with Crippen LogP contribution < -0.4 is 19.5 Å². The lowest BCUT2D eigenvalue weighted by Crippen LogP contribution is -2.30. The van der Waals surface area contributed by atoms with Crippen LogP contribution in [-0.4, -0.2) is 27.1 Å². The molecule has 7 heteroatoms. The van der Waals surface area contributed by atoms with Crippen LogP contribution in [0.4, 0.5) is 13.2 Å². The van der Waals surface area contributed by atoms with E-state index in [2.05, 4.69) is 10.1 Å². The summed E-state index contributed by atoms with van der Waals surface area (Å²) < 4.78 is 52.0. The van der Waals surface area contributed by atoms with Gasteiger partial charge >= 0.3 is 6.36 Å². The number of nitrogens with one attached hydrogen (secondary N) is 1. The third kappa shape index (κ3) is 4.86. The van der Waals surface area contributed by atoms with Gasteiger partial charge in [0.1, 0.15) is 5.75 Å². The first-order valence-electron chi connectivity index (χ1n) is 8.72. The highest BCUT2D eigenvalue weighted by molar-refractivity contribution is 5.49. The quantitative estimate of drug-likeness (QED) is 0.804. The second-order valence-electron chi connectivity index (χ2n) is 6.40. The fourth-order valence-electron chi connectivity index (χ4n) is 3.44. The summed E-state index contributed by atoms with van der Waals surface area (Å²) in [6.07, 6.45) is -2.42. The second kappa shape index (κ2) is 8.08. The predicted molar refractivity (Wildman–Crippen MR) is 95.4 cm³/mol. The zero-order valence-electron chi connectivity index (χ0n) is 15.2. The minimum absolute atomic E-state index is 0.0979. The van der Waals surface area contributed by atoms with E-state index in [-0.39, 0.29) is 11.8 Å². The maximum atomic E-state index is 12.4. The van der Waals surface area contributed by atoms with E-state index in [0.29, 0.717) is 17.9 Å². The molecule has 0 aromatic heterocycles. The summed E-state index contributed by atoms with van der Waals surface area (Å²) in [5.74, 6) is 1.18. The van der Waals surface area contributed by atoms with E-state index < -0.39 is 6.36 Å². The normalized spacial score (nSPS) is 16.6. The molecule has 1 aliphatic heterocycles. The van der Waals surface area contributed by atoms with Gasteiger partial charge < -0.3 is 19.5 Å². The zero-order chi connectivity index (χ0) is 19.4. The fraction of sp³-hybridized carbons (Fsp3) is 0.400. The Labute approximate surface area is 156 Å². The first kappa shape index (κ1) is 19.4. The smallest absolute Gasteiger partial charge is 0.493 e. The van der Waals surface area contributed by atoms with Gasteiger partial charge in [-0.05, 0) is 66.8 Å². The largest absolute Gasteiger partial charge is 0.573 e. The van der Waals surface area contributed by atoms with E-state index in [1.165, 1.54) is 17.7 Å². The predicted octanol–water partition coefficient (Wildman–Crippen LogP) is 4.42. The van der Waals surface area contributed by atoms with Gasteiger partial charge in [0.05, 0.1) is 14.2 Å². The average Bonchev–Trinajstić information content (AvgIpc) is 2.64. The molecular formula is C20H22F3NO3. The maximum Gasteiger partial charge on any atom is 0.573 e. The number of halogens is 3. The Morgan fingerprint density at radius 1 is 1.07 bits per heavy atom. The van der Waals surface area contributed by atoms with Gasteiger partial charge in [-0.15, -0.1) is 13.2 Å². The van der Waals surface area contributed by atoms with Gasteiger partial charge in [-0.2, -0.15) is 0 Å². The molecule has 146 valence electrons. The molecule has 1 heterocycles. The molecule has 1 aliphatic rings. The lowest BCUT2D eigenvalue weighted by atomic mass is 9.90. The van der Waals surface area contributed by atoms with Crippen LogP contribution in [0.1, 0.15) is 29.2 Å². The molecular weight excluding hydrogens is 359 g/mol. The third-order valence-electron chi connectivity index (χ3n) is 4.66. The lowest BCUT2D eigenvalue weighted by Gasteiger charge is -2.28. The summed E-state index contributed by atoms with van der Waals surface area (Å²) in [6.45, 7) is 0.838. The number of benzene rings is 2. The van der Waals surface area contributed by atoms with Crippen LogP contribution in [0, 0.1) is 0 Å². The number of ether oxygens (including phenoxy) is 3. The molecule has 0 fully saturated rings. The van der Waals surface area contributed by atoms with Gasteiger partial charge in [-0.25, -0.2) is 0 Å². The van der Waals surface area contributed by atoms with E-state index >= 15 is 0 Å². The highest BCUT2D eigenvalue weighted by Crippen LogP contribution is 2.36. The van der Waals surface area contributed by atoms with Gasteiger partial charge in [-0.3, -0.25) is 0 Å². The molecule has 3 rings (SSSR count). The maximum absolute atomic E-state index is 12.4. The van der Waals surface area contributed by atoms with Crippen LogP contribution in [0.3, 0.4) is 0 Å². The molecule has 0 unspecified atom stereocenters. The van der Waals surface area contributed by atoms with E-state index in [1.54, 1.807) is 20.3 Å². The van der Waals surface area contributed by atoms with Crippen LogP contribution in [-0.2, 0) is 12.8 Å².